The molecule has 0 radical (unpaired) electrons. The average Bonchev–Trinajstić information content (AvgIpc) is 3.36. The maximum atomic E-state index is 12.2. The number of rotatable bonds is 6. The van der Waals surface area contributed by atoms with E-state index in [1.54, 1.807) is 30.7 Å². The summed E-state index contributed by atoms with van der Waals surface area (Å²) in [6.07, 6.45) is 6.10. The molecule has 0 saturated heterocycles. The Labute approximate surface area is 175 Å². The summed E-state index contributed by atoms with van der Waals surface area (Å²) in [5.41, 5.74) is 7.49. The number of hydrogen-bond donors (Lipinski definition) is 1. The first-order chi connectivity index (χ1) is 14.0. The number of carbonyl (C=O) groups excluding carboxylic acids is 1. The number of carbonyl (C=O) groups is 1. The predicted molar refractivity (Wildman–Crippen MR) is 113 cm³/mol. The highest BCUT2D eigenvalue weighted by atomic mass is 35.5. The molecule has 29 heavy (non-hydrogen) atoms. The van der Waals surface area contributed by atoms with Gasteiger partial charge in [0.25, 0.3) is 0 Å². The smallest absolute Gasteiger partial charge is 0.354 e. The molecule has 0 unspecified atom stereocenters. The highest BCUT2D eigenvalue weighted by molar-refractivity contribution is 7.18. The third-order valence-electron chi connectivity index (χ3n) is 4.34. The lowest BCUT2D eigenvalue weighted by atomic mass is 10.1. The minimum Gasteiger partial charge on any atom is -0.383 e. The molecule has 0 saturated carbocycles. The molecule has 2 N–H and O–H groups in total. The van der Waals surface area contributed by atoms with E-state index in [4.69, 9.17) is 17.3 Å². The molecule has 0 aliphatic carbocycles. The second kappa shape index (κ2) is 8.02. The lowest BCUT2D eigenvalue weighted by Crippen LogP contribution is -2.21. The number of nitrogens with two attached hydrogens (primary N) is 1. The fourth-order valence-corrected chi connectivity index (χ4v) is 3.87. The van der Waals surface area contributed by atoms with E-state index in [0.29, 0.717) is 27.7 Å². The van der Waals surface area contributed by atoms with E-state index in [2.05, 4.69) is 9.97 Å². The summed E-state index contributed by atoms with van der Waals surface area (Å²) in [5, 5.41) is 0. The maximum absolute atomic E-state index is 12.2. The number of ketones is 1. The first-order valence-corrected chi connectivity index (χ1v) is 9.96. The van der Waals surface area contributed by atoms with Crippen molar-refractivity contribution in [2.24, 2.45) is 0 Å². The van der Waals surface area contributed by atoms with Gasteiger partial charge in [-0.25, -0.2) is 9.78 Å². The zero-order valence-electron chi connectivity index (χ0n) is 15.2. The van der Waals surface area contributed by atoms with Gasteiger partial charge in [-0.15, -0.1) is 11.3 Å². The molecule has 7 nitrogen and oxygen atoms in total. The number of nitrogens with zero attached hydrogens (tertiary/aromatic N) is 4. The third-order valence-corrected chi connectivity index (χ3v) is 5.62. The third kappa shape index (κ3) is 4.28. The molecule has 0 atom stereocenters. The van der Waals surface area contributed by atoms with Crippen molar-refractivity contribution >= 4 is 34.5 Å². The fraction of sp³-hybridized carbons (Fsp3) is 0.100. The summed E-state index contributed by atoms with van der Waals surface area (Å²) >= 11 is 7.17. The molecule has 4 rings (SSSR count). The van der Waals surface area contributed by atoms with Crippen LogP contribution < -0.4 is 11.4 Å². The van der Waals surface area contributed by atoms with Gasteiger partial charge in [-0.1, -0.05) is 11.6 Å². The van der Waals surface area contributed by atoms with Crippen molar-refractivity contribution in [2.75, 3.05) is 5.73 Å². The maximum Gasteiger partial charge on any atom is 0.354 e. The largest absolute Gasteiger partial charge is 0.383 e. The van der Waals surface area contributed by atoms with Gasteiger partial charge >= 0.3 is 5.69 Å². The van der Waals surface area contributed by atoms with Gasteiger partial charge in [-0.05, 0) is 48.9 Å². The lowest BCUT2D eigenvalue weighted by molar-refractivity contribution is 0.0986. The predicted octanol–water partition coefficient (Wildman–Crippen LogP) is 3.53. The van der Waals surface area contributed by atoms with Crippen molar-refractivity contribution in [3.05, 3.63) is 86.6 Å². The molecule has 3 heterocycles. The minimum atomic E-state index is -0.431. The molecule has 4 aromatic rings. The molecule has 146 valence electrons. The molecule has 1 aromatic carbocycles. The molecular formula is C20H16ClN5O2S. The summed E-state index contributed by atoms with van der Waals surface area (Å²) in [7, 11) is 0. The summed E-state index contributed by atoms with van der Waals surface area (Å²) in [5.74, 6) is 0.248. The molecule has 0 fully saturated rings. The van der Waals surface area contributed by atoms with Crippen LogP contribution in [0.15, 0.2) is 66.0 Å². The van der Waals surface area contributed by atoms with Crippen LogP contribution in [0.4, 0.5) is 5.82 Å². The van der Waals surface area contributed by atoms with E-state index in [-0.39, 0.29) is 11.6 Å². The summed E-state index contributed by atoms with van der Waals surface area (Å²) < 4.78 is 3.90. The molecule has 3 aromatic heterocycles. The SMILES string of the molecule is Nc1ccn(-c2ccc(-n3cnc(CCC(=O)c4ccc(Cl)s4)c3)cc2)c(=O)n1. The van der Waals surface area contributed by atoms with Gasteiger partial charge in [0.2, 0.25) is 0 Å². The Morgan fingerprint density at radius 2 is 1.86 bits per heavy atom. The zero-order chi connectivity index (χ0) is 20.4. The Kier molecular flexibility index (Phi) is 5.28. The van der Waals surface area contributed by atoms with E-state index in [0.717, 1.165) is 11.4 Å². The van der Waals surface area contributed by atoms with E-state index in [1.165, 1.54) is 15.9 Å². The topological polar surface area (TPSA) is 95.8 Å². The monoisotopic (exact) mass is 425 g/mol. The Balaban J connectivity index is 1.45. The van der Waals surface area contributed by atoms with Crippen LogP contribution in [0.5, 0.6) is 0 Å². The van der Waals surface area contributed by atoms with E-state index in [1.807, 2.05) is 35.0 Å². The average molecular weight is 426 g/mol. The fourth-order valence-electron chi connectivity index (χ4n) is 2.86. The van der Waals surface area contributed by atoms with Gasteiger partial charge < -0.3 is 10.3 Å². The first kappa shape index (κ1) is 19.1. The Hall–Kier alpha value is -3.23. The van der Waals surface area contributed by atoms with E-state index < -0.39 is 5.69 Å². The number of Topliss-reactive ketones (excluding diaryl/α,β-unsaturated/α-hetero) is 1. The number of imidazole rings is 1. The van der Waals surface area contributed by atoms with Crippen molar-refractivity contribution in [2.45, 2.75) is 12.8 Å². The summed E-state index contributed by atoms with van der Waals surface area (Å²) in [6, 6.07) is 12.4. The normalized spacial score (nSPS) is 10.9. The number of hydrogen-bond acceptors (Lipinski definition) is 6. The van der Waals surface area contributed by atoms with E-state index >= 15 is 0 Å². The zero-order valence-corrected chi connectivity index (χ0v) is 16.7. The highest BCUT2D eigenvalue weighted by Gasteiger charge is 2.10. The van der Waals surface area contributed by atoms with Gasteiger partial charge in [0, 0.05) is 24.5 Å². The van der Waals surface area contributed by atoms with Crippen LogP contribution in [-0.4, -0.2) is 24.9 Å². The van der Waals surface area contributed by atoms with Crippen LogP contribution in [0.1, 0.15) is 21.8 Å². The molecule has 0 aliphatic heterocycles. The van der Waals surface area contributed by atoms with Crippen molar-refractivity contribution in [1.29, 1.82) is 0 Å². The highest BCUT2D eigenvalue weighted by Crippen LogP contribution is 2.23. The number of aryl methyl sites for hydroxylation is 1. The molecule has 0 amide bonds. The molecule has 0 bridgehead atoms. The second-order valence-electron chi connectivity index (χ2n) is 6.32. The van der Waals surface area contributed by atoms with Crippen molar-refractivity contribution in [1.82, 2.24) is 19.1 Å². The van der Waals surface area contributed by atoms with Gasteiger partial charge in [0.1, 0.15) is 5.82 Å². The van der Waals surface area contributed by atoms with Crippen LogP contribution in [0.25, 0.3) is 11.4 Å². The Morgan fingerprint density at radius 1 is 1.10 bits per heavy atom. The molecule has 0 aliphatic rings. The first-order valence-electron chi connectivity index (χ1n) is 8.77. The van der Waals surface area contributed by atoms with Crippen LogP contribution >= 0.6 is 22.9 Å². The lowest BCUT2D eigenvalue weighted by Gasteiger charge is -2.07. The van der Waals surface area contributed by atoms with Gasteiger partial charge in [-0.2, -0.15) is 4.98 Å². The Bertz CT molecular complexity index is 1230. The van der Waals surface area contributed by atoms with Crippen molar-refractivity contribution < 1.29 is 4.79 Å². The van der Waals surface area contributed by atoms with Crippen LogP contribution in [0.2, 0.25) is 4.34 Å². The van der Waals surface area contributed by atoms with Crippen molar-refractivity contribution in [3.63, 3.8) is 0 Å². The van der Waals surface area contributed by atoms with Crippen LogP contribution in [-0.2, 0) is 6.42 Å². The minimum absolute atomic E-state index is 0.0587. The standard InChI is InChI=1S/C20H16ClN5O2S/c21-18-8-7-17(29-18)16(27)6-1-13-11-25(12-23-13)14-2-4-15(5-3-14)26-10-9-19(22)24-20(26)28/h2-5,7-12H,1,6H2,(H2,22,24,28). The van der Waals surface area contributed by atoms with Crippen molar-refractivity contribution in [3.8, 4) is 11.4 Å². The van der Waals surface area contributed by atoms with E-state index in [9.17, 15) is 9.59 Å². The second-order valence-corrected chi connectivity index (χ2v) is 8.04. The van der Waals surface area contributed by atoms with Crippen LogP contribution in [0.3, 0.4) is 0 Å². The molecule has 9 heteroatoms. The number of benzene rings is 1. The molecule has 0 spiro atoms. The van der Waals surface area contributed by atoms with Crippen LogP contribution in [0, 0.1) is 0 Å². The number of anilines is 1. The Morgan fingerprint density at radius 3 is 2.55 bits per heavy atom. The molecular weight excluding hydrogens is 410 g/mol. The van der Waals surface area contributed by atoms with Gasteiger partial charge in [0.15, 0.2) is 5.78 Å². The summed E-state index contributed by atoms with van der Waals surface area (Å²) in [4.78, 5) is 32.9. The van der Waals surface area contributed by atoms with Gasteiger partial charge in [-0.3, -0.25) is 9.36 Å². The number of halogens is 1. The number of nitrogen functional groups attached to an aromatic ring is 1. The quantitative estimate of drug-likeness (QED) is 0.477. The number of thiophene rings is 1. The number of aromatic nitrogens is 4. The summed E-state index contributed by atoms with van der Waals surface area (Å²) in [6.45, 7) is 0. The van der Waals surface area contributed by atoms with Gasteiger partial charge in [0.05, 0.1) is 26.9 Å².